The second-order valence-electron chi connectivity index (χ2n) is 7.04. The predicted molar refractivity (Wildman–Crippen MR) is 74.6 cm³/mol. The molecule has 2 fully saturated rings. The van der Waals surface area contributed by atoms with Crippen LogP contribution in [0.1, 0.15) is 52.4 Å². The molecule has 0 aliphatic heterocycles. The standard InChI is InChI=1S/C17H22O2/c1-11-13-5-8-16(2)7-4-12(18)10-15(16)17(13,3)9-6-14(11)19/h10,13H,1,4-9H2,2-3H3/t13?,16-,17+/m1/s1. The number of hydrogen-bond acceptors (Lipinski definition) is 2. The zero-order valence-corrected chi connectivity index (χ0v) is 11.9. The molecule has 2 heteroatoms. The van der Waals surface area contributed by atoms with Crippen molar-refractivity contribution >= 4 is 11.6 Å². The van der Waals surface area contributed by atoms with Gasteiger partial charge in [-0.3, -0.25) is 9.59 Å². The highest BCUT2D eigenvalue weighted by Crippen LogP contribution is 2.61. The summed E-state index contributed by atoms with van der Waals surface area (Å²) in [6, 6.07) is 0. The molecule has 0 amide bonds. The summed E-state index contributed by atoms with van der Waals surface area (Å²) < 4.78 is 0. The Hall–Kier alpha value is -1.18. The number of carbonyl (C=O) groups excluding carboxylic acids is 2. The van der Waals surface area contributed by atoms with Gasteiger partial charge in [-0.25, -0.2) is 0 Å². The number of allylic oxidation sites excluding steroid dienone is 3. The van der Waals surface area contributed by atoms with Crippen molar-refractivity contribution in [2.45, 2.75) is 52.4 Å². The zero-order valence-electron chi connectivity index (χ0n) is 11.9. The first kappa shape index (κ1) is 12.8. The number of carbonyl (C=O) groups is 2. The van der Waals surface area contributed by atoms with Crippen LogP contribution in [-0.2, 0) is 9.59 Å². The van der Waals surface area contributed by atoms with Gasteiger partial charge in [-0.1, -0.05) is 26.0 Å². The average molecular weight is 258 g/mol. The summed E-state index contributed by atoms with van der Waals surface area (Å²) >= 11 is 0. The van der Waals surface area contributed by atoms with Gasteiger partial charge in [0.05, 0.1) is 0 Å². The second kappa shape index (κ2) is 3.91. The van der Waals surface area contributed by atoms with Gasteiger partial charge in [0.25, 0.3) is 0 Å². The monoisotopic (exact) mass is 258 g/mol. The SMILES string of the molecule is C=C1C(=O)CC[C@]2(C)C3=CC(=O)CC[C@]3(C)CCC12. The fourth-order valence-electron chi connectivity index (χ4n) is 4.62. The van der Waals surface area contributed by atoms with E-state index in [4.69, 9.17) is 0 Å². The molecule has 102 valence electrons. The Morgan fingerprint density at radius 1 is 1.16 bits per heavy atom. The summed E-state index contributed by atoms with van der Waals surface area (Å²) in [6.45, 7) is 8.59. The van der Waals surface area contributed by atoms with Crippen LogP contribution >= 0.6 is 0 Å². The molecule has 0 aromatic carbocycles. The molecule has 0 bridgehead atoms. The highest BCUT2D eigenvalue weighted by molar-refractivity contribution is 5.97. The fraction of sp³-hybridized carbons (Fsp3) is 0.647. The van der Waals surface area contributed by atoms with E-state index in [1.54, 1.807) is 0 Å². The van der Waals surface area contributed by atoms with Gasteiger partial charge in [-0.05, 0) is 54.1 Å². The van der Waals surface area contributed by atoms with E-state index < -0.39 is 0 Å². The molecule has 19 heavy (non-hydrogen) atoms. The molecule has 3 rings (SSSR count). The normalized spacial score (nSPS) is 42.5. The van der Waals surface area contributed by atoms with Crippen molar-refractivity contribution in [3.05, 3.63) is 23.8 Å². The van der Waals surface area contributed by atoms with Crippen molar-refractivity contribution in [3.8, 4) is 0 Å². The topological polar surface area (TPSA) is 34.1 Å². The minimum atomic E-state index is -0.0198. The van der Waals surface area contributed by atoms with Crippen LogP contribution in [0.3, 0.4) is 0 Å². The first-order valence-electron chi connectivity index (χ1n) is 7.34. The summed E-state index contributed by atoms with van der Waals surface area (Å²) in [7, 11) is 0. The smallest absolute Gasteiger partial charge is 0.158 e. The molecular weight excluding hydrogens is 236 g/mol. The number of ketones is 2. The van der Waals surface area contributed by atoms with Gasteiger partial charge >= 0.3 is 0 Å². The third kappa shape index (κ3) is 1.69. The van der Waals surface area contributed by atoms with Gasteiger partial charge in [0.1, 0.15) is 0 Å². The molecule has 2 nitrogen and oxygen atoms in total. The predicted octanol–water partition coefficient (Wildman–Crippen LogP) is 3.62. The van der Waals surface area contributed by atoms with Crippen LogP contribution < -0.4 is 0 Å². The van der Waals surface area contributed by atoms with E-state index in [0.29, 0.717) is 12.8 Å². The third-order valence-corrected chi connectivity index (χ3v) is 5.90. The van der Waals surface area contributed by atoms with Crippen LogP contribution in [0.15, 0.2) is 23.8 Å². The summed E-state index contributed by atoms with van der Waals surface area (Å²) in [4.78, 5) is 23.8. The first-order valence-corrected chi connectivity index (χ1v) is 7.34. The van der Waals surface area contributed by atoms with Crippen molar-refractivity contribution in [3.63, 3.8) is 0 Å². The maximum absolute atomic E-state index is 11.9. The summed E-state index contributed by atoms with van der Waals surface area (Å²) in [6.07, 6.45) is 7.15. The molecule has 0 aromatic rings. The quantitative estimate of drug-likeness (QED) is 0.622. The van der Waals surface area contributed by atoms with E-state index >= 15 is 0 Å². The number of hydrogen-bond donors (Lipinski definition) is 0. The van der Waals surface area contributed by atoms with Gasteiger partial charge in [0.2, 0.25) is 0 Å². The molecule has 1 unspecified atom stereocenters. The number of fused-ring (bicyclic) bond motifs is 3. The summed E-state index contributed by atoms with van der Waals surface area (Å²) in [5.74, 6) is 0.740. The third-order valence-electron chi connectivity index (χ3n) is 5.90. The van der Waals surface area contributed by atoms with E-state index in [0.717, 1.165) is 31.3 Å². The highest BCUT2D eigenvalue weighted by Gasteiger charge is 2.53. The van der Waals surface area contributed by atoms with Gasteiger partial charge in [0, 0.05) is 12.8 Å². The Balaban J connectivity index is 2.09. The lowest BCUT2D eigenvalue weighted by Crippen LogP contribution is -2.48. The van der Waals surface area contributed by atoms with Crippen LogP contribution in [0, 0.1) is 16.7 Å². The zero-order chi connectivity index (χ0) is 13.8. The second-order valence-corrected chi connectivity index (χ2v) is 7.04. The van der Waals surface area contributed by atoms with Gasteiger partial charge < -0.3 is 0 Å². The molecule has 0 N–H and O–H groups in total. The average Bonchev–Trinajstić information content (AvgIpc) is 2.37. The molecule has 0 heterocycles. The van der Waals surface area contributed by atoms with Crippen LogP contribution in [-0.4, -0.2) is 11.6 Å². The summed E-state index contributed by atoms with van der Waals surface area (Å²) in [5.41, 5.74) is 2.25. The van der Waals surface area contributed by atoms with Crippen molar-refractivity contribution in [2.24, 2.45) is 16.7 Å². The first-order chi connectivity index (χ1) is 8.87. The molecule has 3 atom stereocenters. The van der Waals surface area contributed by atoms with Crippen molar-refractivity contribution in [1.29, 1.82) is 0 Å². The minimum absolute atomic E-state index is 0.0198. The van der Waals surface area contributed by atoms with E-state index in [9.17, 15) is 9.59 Å². The van der Waals surface area contributed by atoms with E-state index in [-0.39, 0.29) is 28.3 Å². The van der Waals surface area contributed by atoms with Gasteiger partial charge in [-0.15, -0.1) is 0 Å². The maximum Gasteiger partial charge on any atom is 0.158 e. The van der Waals surface area contributed by atoms with Gasteiger partial charge in [0.15, 0.2) is 11.6 Å². The van der Waals surface area contributed by atoms with Crippen molar-refractivity contribution in [2.75, 3.05) is 0 Å². The van der Waals surface area contributed by atoms with Crippen LogP contribution in [0.25, 0.3) is 0 Å². The molecule has 3 aliphatic rings. The van der Waals surface area contributed by atoms with E-state index in [2.05, 4.69) is 20.4 Å². The lowest BCUT2D eigenvalue weighted by molar-refractivity contribution is -0.119. The number of Topliss-reactive ketones (excluding diaryl/α,β-unsaturated/α-hetero) is 1. The molecule has 0 spiro atoms. The molecule has 3 aliphatic carbocycles. The molecule has 0 radical (unpaired) electrons. The Morgan fingerprint density at radius 3 is 2.63 bits per heavy atom. The van der Waals surface area contributed by atoms with E-state index in [1.165, 1.54) is 5.57 Å². The summed E-state index contributed by atoms with van der Waals surface area (Å²) in [5, 5.41) is 0. The Morgan fingerprint density at radius 2 is 1.89 bits per heavy atom. The Kier molecular flexibility index (Phi) is 2.64. The van der Waals surface area contributed by atoms with Gasteiger partial charge in [-0.2, -0.15) is 0 Å². The fourth-order valence-corrected chi connectivity index (χ4v) is 4.62. The molecule has 0 aromatic heterocycles. The Bertz CT molecular complexity index is 513. The largest absolute Gasteiger partial charge is 0.295 e. The van der Waals surface area contributed by atoms with Crippen LogP contribution in [0.5, 0.6) is 0 Å². The van der Waals surface area contributed by atoms with Crippen molar-refractivity contribution in [1.82, 2.24) is 0 Å². The minimum Gasteiger partial charge on any atom is -0.295 e. The molecule has 2 saturated carbocycles. The Labute approximate surface area is 115 Å². The van der Waals surface area contributed by atoms with Crippen LogP contribution in [0.4, 0.5) is 0 Å². The highest BCUT2D eigenvalue weighted by atomic mass is 16.1. The molecule has 0 saturated heterocycles. The lowest BCUT2D eigenvalue weighted by atomic mass is 9.48. The number of rotatable bonds is 0. The van der Waals surface area contributed by atoms with Crippen molar-refractivity contribution < 1.29 is 9.59 Å². The molecular formula is C17H22O2. The van der Waals surface area contributed by atoms with E-state index in [1.807, 2.05) is 6.08 Å². The van der Waals surface area contributed by atoms with Crippen LogP contribution in [0.2, 0.25) is 0 Å². The maximum atomic E-state index is 11.9. The lowest BCUT2D eigenvalue weighted by Gasteiger charge is -2.55.